The molecule has 0 radical (unpaired) electrons. The van der Waals surface area contributed by atoms with Gasteiger partial charge in [-0.05, 0) is 95.1 Å². The minimum absolute atomic E-state index is 0.270. The predicted molar refractivity (Wildman–Crippen MR) is 304 cm³/mol. The third kappa shape index (κ3) is 6.19. The molecule has 0 saturated heterocycles. The molecule has 1 aliphatic heterocycles. The fourth-order valence-corrected chi connectivity index (χ4v) is 12.1. The first kappa shape index (κ1) is 42.0. The van der Waals surface area contributed by atoms with Crippen LogP contribution >= 0.6 is 0 Å². The van der Waals surface area contributed by atoms with Crippen LogP contribution in [-0.2, 0) is 0 Å². The van der Waals surface area contributed by atoms with Crippen LogP contribution in [0, 0.1) is 0 Å². The molecule has 6 nitrogen and oxygen atoms in total. The van der Waals surface area contributed by atoms with E-state index in [1.54, 1.807) is 4.90 Å². The molecule has 0 bridgehead atoms. The number of nitrogens with zero attached hydrogens (tertiary/aromatic N) is 4. The van der Waals surface area contributed by atoms with Gasteiger partial charge in [0.05, 0.1) is 44.5 Å². The highest BCUT2D eigenvalue weighted by atomic mass is 16.3. The van der Waals surface area contributed by atoms with Gasteiger partial charge in [0.15, 0.2) is 6.23 Å². The number of aliphatic hydroxyl groups is 1. The Bertz CT molecular complexity index is 4250. The second-order valence-corrected chi connectivity index (χ2v) is 19.3. The van der Waals surface area contributed by atoms with Crippen LogP contribution in [0.2, 0.25) is 0 Å². The zero-order valence-electron chi connectivity index (χ0n) is 40.0. The van der Waals surface area contributed by atoms with E-state index in [9.17, 15) is 5.11 Å². The molecule has 74 heavy (non-hydrogen) atoms. The number of aliphatic hydroxyl groups excluding tert-OH is 1. The molecular formula is C68H44N4O2. The van der Waals surface area contributed by atoms with Gasteiger partial charge in [0.2, 0.25) is 0 Å². The fraction of sp³-hybridized carbons (Fsp3) is 0.0147. The number of aromatic nitrogens is 3. The lowest BCUT2D eigenvalue weighted by Crippen LogP contribution is -2.29. The molecule has 348 valence electrons. The standard InChI is InChI=1S/C68H44N4O2/c73-67-55-29-18-34-62(65(55)68(74)72(67)66-56(44-21-6-2-7-22-44)39-46(43-19-4-1-5-20-43)40-57(66)45-23-8-3-9-24-45)71-63-41-47(69-58-30-14-10-25-49(58)50-26-11-15-31-59(50)69)35-37-53(63)54-38-36-48(42-64(54)71)70-60-32-16-12-27-51(60)52-28-13-17-33-61(52)70/h1-42,68,74H. The Morgan fingerprint density at radius 1 is 0.311 bits per heavy atom. The number of hydrogen-bond donors (Lipinski definition) is 1. The smallest absolute Gasteiger partial charge is 0.261 e. The van der Waals surface area contributed by atoms with Crippen LogP contribution in [0.15, 0.2) is 255 Å². The van der Waals surface area contributed by atoms with Crippen LogP contribution in [-0.4, -0.2) is 24.7 Å². The van der Waals surface area contributed by atoms with E-state index in [0.29, 0.717) is 16.8 Å². The van der Waals surface area contributed by atoms with Crippen LogP contribution in [0.1, 0.15) is 22.1 Å². The second kappa shape index (κ2) is 16.4. The molecule has 1 aliphatic rings. The summed E-state index contributed by atoms with van der Waals surface area (Å²) in [6, 6.07) is 88.8. The van der Waals surface area contributed by atoms with Gasteiger partial charge in [0.1, 0.15) is 0 Å². The Morgan fingerprint density at radius 3 is 1.15 bits per heavy atom. The van der Waals surface area contributed by atoms with E-state index >= 15 is 4.79 Å². The lowest BCUT2D eigenvalue weighted by molar-refractivity contribution is 0.0935. The molecular weight excluding hydrogens is 905 g/mol. The Balaban J connectivity index is 1.00. The molecule has 1 N–H and O–H groups in total. The first-order chi connectivity index (χ1) is 36.6. The first-order valence-corrected chi connectivity index (χ1v) is 25.1. The summed E-state index contributed by atoms with van der Waals surface area (Å²) in [6.45, 7) is 0. The molecule has 14 aromatic rings. The van der Waals surface area contributed by atoms with Crippen LogP contribution in [0.3, 0.4) is 0 Å². The van der Waals surface area contributed by atoms with Gasteiger partial charge < -0.3 is 18.8 Å². The van der Waals surface area contributed by atoms with Gasteiger partial charge in [-0.25, -0.2) is 0 Å². The number of amides is 1. The number of fused-ring (bicyclic) bond motifs is 10. The molecule has 0 saturated carbocycles. The maximum Gasteiger partial charge on any atom is 0.261 e. The van der Waals surface area contributed by atoms with Crippen molar-refractivity contribution in [2.45, 2.75) is 6.23 Å². The first-order valence-electron chi connectivity index (χ1n) is 25.1. The SMILES string of the molecule is O=C1c2cccc(-n3c4cc(-n5c6ccccc6c6ccccc65)ccc4c4ccc(-n5c6ccccc6c6ccccc65)cc43)c2C(O)N1c1c(-c2ccccc2)cc(-c2ccccc2)cc1-c1ccccc1. The van der Waals surface area contributed by atoms with Gasteiger partial charge in [0, 0.05) is 65.9 Å². The van der Waals surface area contributed by atoms with Gasteiger partial charge in [-0.1, -0.05) is 182 Å². The molecule has 0 aliphatic carbocycles. The van der Waals surface area contributed by atoms with Crippen LogP contribution in [0.25, 0.3) is 116 Å². The number of anilines is 1. The third-order valence-electron chi connectivity index (χ3n) is 15.3. The summed E-state index contributed by atoms with van der Waals surface area (Å²) in [5.74, 6) is -0.270. The minimum atomic E-state index is -1.35. The van der Waals surface area contributed by atoms with Crippen molar-refractivity contribution in [3.63, 3.8) is 0 Å². The minimum Gasteiger partial charge on any atom is -0.369 e. The van der Waals surface area contributed by atoms with Crippen molar-refractivity contribution in [2.75, 3.05) is 4.90 Å². The summed E-state index contributed by atoms with van der Waals surface area (Å²) >= 11 is 0. The summed E-state index contributed by atoms with van der Waals surface area (Å²) in [6.07, 6.45) is -1.35. The van der Waals surface area contributed by atoms with Gasteiger partial charge >= 0.3 is 0 Å². The summed E-state index contributed by atoms with van der Waals surface area (Å²) in [4.78, 5) is 17.3. The van der Waals surface area contributed by atoms with Crippen molar-refractivity contribution in [1.82, 2.24) is 13.7 Å². The molecule has 3 aromatic heterocycles. The highest BCUT2D eigenvalue weighted by Crippen LogP contribution is 2.50. The van der Waals surface area contributed by atoms with Crippen LogP contribution in [0.4, 0.5) is 5.69 Å². The Hall–Kier alpha value is -9.75. The topological polar surface area (TPSA) is 55.3 Å². The number of benzene rings is 11. The maximum atomic E-state index is 15.6. The average molecular weight is 949 g/mol. The van der Waals surface area contributed by atoms with Crippen molar-refractivity contribution >= 4 is 77.0 Å². The molecule has 4 heterocycles. The second-order valence-electron chi connectivity index (χ2n) is 19.3. The van der Waals surface area contributed by atoms with Crippen molar-refractivity contribution in [2.24, 2.45) is 0 Å². The summed E-state index contributed by atoms with van der Waals surface area (Å²) in [7, 11) is 0. The molecule has 1 atom stereocenters. The number of carbonyl (C=O) groups is 1. The summed E-state index contributed by atoms with van der Waals surface area (Å²) < 4.78 is 6.98. The van der Waals surface area contributed by atoms with E-state index in [2.05, 4.69) is 202 Å². The van der Waals surface area contributed by atoms with Crippen molar-refractivity contribution in [1.29, 1.82) is 0 Å². The van der Waals surface area contributed by atoms with Crippen LogP contribution < -0.4 is 4.90 Å². The molecule has 0 spiro atoms. The summed E-state index contributed by atoms with van der Waals surface area (Å²) in [5, 5.41) is 20.2. The highest BCUT2D eigenvalue weighted by Gasteiger charge is 2.42. The average Bonchev–Trinajstić information content (AvgIpc) is 4.18. The molecule has 1 amide bonds. The normalized spacial score (nSPS) is 13.6. The number of para-hydroxylation sites is 4. The number of rotatable bonds is 7. The Kier molecular flexibility index (Phi) is 9.30. The van der Waals surface area contributed by atoms with Gasteiger partial charge in [0.25, 0.3) is 5.91 Å². The van der Waals surface area contributed by atoms with E-state index in [4.69, 9.17) is 0 Å². The zero-order valence-corrected chi connectivity index (χ0v) is 40.0. The van der Waals surface area contributed by atoms with Gasteiger partial charge in [-0.15, -0.1) is 0 Å². The number of hydrogen-bond acceptors (Lipinski definition) is 2. The fourth-order valence-electron chi connectivity index (χ4n) is 12.1. The Labute approximate surface area is 426 Å². The lowest BCUT2D eigenvalue weighted by atomic mass is 9.90. The van der Waals surface area contributed by atoms with E-state index in [1.165, 1.54) is 21.5 Å². The predicted octanol–water partition coefficient (Wildman–Crippen LogP) is 16.6. The van der Waals surface area contributed by atoms with Crippen molar-refractivity contribution in [3.05, 3.63) is 266 Å². The van der Waals surface area contributed by atoms with E-state index in [0.717, 1.165) is 94.3 Å². The lowest BCUT2D eigenvalue weighted by Gasteiger charge is -2.28. The molecule has 15 rings (SSSR count). The maximum absolute atomic E-state index is 15.6. The quantitative estimate of drug-likeness (QED) is 0.173. The molecule has 0 fully saturated rings. The zero-order chi connectivity index (χ0) is 49.0. The van der Waals surface area contributed by atoms with Crippen molar-refractivity contribution < 1.29 is 9.90 Å². The van der Waals surface area contributed by atoms with E-state index in [-0.39, 0.29) is 5.91 Å². The van der Waals surface area contributed by atoms with Gasteiger partial charge in [-0.3, -0.25) is 9.69 Å². The third-order valence-corrected chi connectivity index (χ3v) is 15.3. The largest absolute Gasteiger partial charge is 0.369 e. The molecule has 1 unspecified atom stereocenters. The summed E-state index contributed by atoms with van der Waals surface area (Å²) in [5.41, 5.74) is 16.4. The van der Waals surface area contributed by atoms with Crippen LogP contribution in [0.5, 0.6) is 0 Å². The van der Waals surface area contributed by atoms with Gasteiger partial charge in [-0.2, -0.15) is 0 Å². The van der Waals surface area contributed by atoms with E-state index in [1.807, 2.05) is 66.7 Å². The van der Waals surface area contributed by atoms with E-state index < -0.39 is 6.23 Å². The molecule has 11 aromatic carbocycles. The van der Waals surface area contributed by atoms with Crippen molar-refractivity contribution in [3.8, 4) is 50.4 Å². The highest BCUT2D eigenvalue weighted by molar-refractivity contribution is 6.18. The Morgan fingerprint density at radius 2 is 0.703 bits per heavy atom. The number of carbonyl (C=O) groups excluding carboxylic acids is 1. The monoisotopic (exact) mass is 948 g/mol. The molecule has 6 heteroatoms.